The molecule has 1 fully saturated rings. The van der Waals surface area contributed by atoms with Crippen molar-refractivity contribution in [2.75, 3.05) is 6.61 Å². The SMILES string of the molecule is C=CC[C@@]1(C(=O)OCC)CCC/C1=N/O. The van der Waals surface area contributed by atoms with Crippen LogP contribution in [0.3, 0.4) is 0 Å². The fourth-order valence-electron chi connectivity index (χ4n) is 2.13. The average Bonchev–Trinajstić information content (AvgIpc) is 2.63. The molecule has 0 bridgehead atoms. The number of carbonyl (C=O) groups excluding carboxylic acids is 1. The maximum atomic E-state index is 11.9. The first-order valence-corrected chi connectivity index (χ1v) is 5.20. The molecule has 0 aliphatic heterocycles. The number of ether oxygens (including phenoxy) is 1. The molecule has 15 heavy (non-hydrogen) atoms. The molecule has 4 heteroatoms. The fourth-order valence-corrected chi connectivity index (χ4v) is 2.13. The largest absolute Gasteiger partial charge is 0.465 e. The van der Waals surface area contributed by atoms with Gasteiger partial charge < -0.3 is 9.94 Å². The van der Waals surface area contributed by atoms with E-state index in [0.717, 1.165) is 6.42 Å². The van der Waals surface area contributed by atoms with Crippen LogP contribution in [0.5, 0.6) is 0 Å². The van der Waals surface area contributed by atoms with Gasteiger partial charge in [-0.25, -0.2) is 0 Å². The summed E-state index contributed by atoms with van der Waals surface area (Å²) in [6, 6.07) is 0. The molecule has 84 valence electrons. The molecule has 1 saturated carbocycles. The minimum Gasteiger partial charge on any atom is -0.465 e. The summed E-state index contributed by atoms with van der Waals surface area (Å²) in [5.74, 6) is -0.296. The highest BCUT2D eigenvalue weighted by Crippen LogP contribution is 2.40. The standard InChI is InChI=1S/C11H17NO3/c1-3-7-11(10(13)15-4-2)8-5-6-9(11)12-14/h3,14H,1,4-8H2,2H3/b12-9-/t11-/m1/s1. The van der Waals surface area contributed by atoms with E-state index >= 15 is 0 Å². The average molecular weight is 211 g/mol. The van der Waals surface area contributed by atoms with Gasteiger partial charge in [-0.05, 0) is 32.6 Å². The maximum Gasteiger partial charge on any atom is 0.318 e. The first kappa shape index (κ1) is 11.8. The maximum absolute atomic E-state index is 11.9. The van der Waals surface area contributed by atoms with E-state index in [1.807, 2.05) is 0 Å². The number of hydrogen-bond donors (Lipinski definition) is 1. The van der Waals surface area contributed by atoms with Crippen molar-refractivity contribution in [2.45, 2.75) is 32.6 Å². The van der Waals surface area contributed by atoms with Gasteiger partial charge in [-0.1, -0.05) is 11.2 Å². The lowest BCUT2D eigenvalue weighted by Gasteiger charge is -2.25. The van der Waals surface area contributed by atoms with E-state index in [9.17, 15) is 4.79 Å². The smallest absolute Gasteiger partial charge is 0.318 e. The van der Waals surface area contributed by atoms with Gasteiger partial charge in [-0.3, -0.25) is 4.79 Å². The van der Waals surface area contributed by atoms with Gasteiger partial charge >= 0.3 is 5.97 Å². The van der Waals surface area contributed by atoms with Crippen molar-refractivity contribution in [1.29, 1.82) is 0 Å². The molecule has 0 heterocycles. The van der Waals surface area contributed by atoms with Crippen LogP contribution in [0.25, 0.3) is 0 Å². The number of esters is 1. The predicted molar refractivity (Wildman–Crippen MR) is 57.0 cm³/mol. The second kappa shape index (κ2) is 4.96. The molecule has 0 aromatic carbocycles. The molecule has 0 aromatic rings. The molecule has 0 unspecified atom stereocenters. The van der Waals surface area contributed by atoms with E-state index in [4.69, 9.17) is 9.94 Å². The monoisotopic (exact) mass is 211 g/mol. The first-order chi connectivity index (χ1) is 7.21. The van der Waals surface area contributed by atoms with Crippen LogP contribution < -0.4 is 0 Å². The highest BCUT2D eigenvalue weighted by atomic mass is 16.5. The number of rotatable bonds is 4. The Balaban J connectivity index is 2.96. The van der Waals surface area contributed by atoms with E-state index in [-0.39, 0.29) is 5.97 Å². The van der Waals surface area contributed by atoms with Gasteiger partial charge in [0.25, 0.3) is 0 Å². The number of allylic oxidation sites excluding steroid dienone is 1. The first-order valence-electron chi connectivity index (χ1n) is 5.20. The second-order valence-corrected chi connectivity index (χ2v) is 3.70. The molecule has 0 amide bonds. The summed E-state index contributed by atoms with van der Waals surface area (Å²) < 4.78 is 5.04. The lowest BCUT2D eigenvalue weighted by Crippen LogP contribution is -2.36. The van der Waals surface area contributed by atoms with Gasteiger partial charge in [0.1, 0.15) is 5.41 Å². The molecule has 1 atom stereocenters. The van der Waals surface area contributed by atoms with Crippen LogP contribution in [0.4, 0.5) is 0 Å². The van der Waals surface area contributed by atoms with Gasteiger partial charge in [0.15, 0.2) is 0 Å². The Labute approximate surface area is 89.6 Å². The lowest BCUT2D eigenvalue weighted by molar-refractivity contribution is -0.151. The Hall–Kier alpha value is -1.32. The van der Waals surface area contributed by atoms with Gasteiger partial charge in [0.05, 0.1) is 12.3 Å². The third kappa shape index (κ3) is 2.03. The molecule has 0 spiro atoms. The summed E-state index contributed by atoms with van der Waals surface area (Å²) in [6.07, 6.45) is 4.34. The molecule has 0 radical (unpaired) electrons. The minimum absolute atomic E-state index is 0.296. The number of oxime groups is 1. The normalized spacial score (nSPS) is 27.9. The molecule has 1 N–H and O–H groups in total. The summed E-state index contributed by atoms with van der Waals surface area (Å²) in [6.45, 7) is 5.75. The molecule has 4 nitrogen and oxygen atoms in total. The van der Waals surface area contributed by atoms with Crippen molar-refractivity contribution in [3.05, 3.63) is 12.7 Å². The lowest BCUT2D eigenvalue weighted by atomic mass is 9.81. The zero-order valence-corrected chi connectivity index (χ0v) is 9.03. The molecular weight excluding hydrogens is 194 g/mol. The third-order valence-corrected chi connectivity index (χ3v) is 2.85. The number of nitrogens with zero attached hydrogens (tertiary/aromatic N) is 1. The van der Waals surface area contributed by atoms with Crippen LogP contribution in [0.2, 0.25) is 0 Å². The van der Waals surface area contributed by atoms with Crippen LogP contribution in [0, 0.1) is 5.41 Å². The molecule has 1 rings (SSSR count). The summed E-state index contributed by atoms with van der Waals surface area (Å²) in [7, 11) is 0. The van der Waals surface area contributed by atoms with Crippen molar-refractivity contribution < 1.29 is 14.7 Å². The number of carbonyl (C=O) groups is 1. The minimum atomic E-state index is -0.757. The zero-order chi connectivity index (χ0) is 11.3. The Morgan fingerprint density at radius 3 is 3.07 bits per heavy atom. The molecule has 0 saturated heterocycles. The topological polar surface area (TPSA) is 58.9 Å². The van der Waals surface area contributed by atoms with Crippen molar-refractivity contribution in [2.24, 2.45) is 10.6 Å². The van der Waals surface area contributed by atoms with Crippen molar-refractivity contribution in [3.63, 3.8) is 0 Å². The van der Waals surface area contributed by atoms with Crippen LogP contribution in [-0.2, 0) is 9.53 Å². The van der Waals surface area contributed by atoms with Crippen molar-refractivity contribution in [1.82, 2.24) is 0 Å². The molecular formula is C11H17NO3. The van der Waals surface area contributed by atoms with Gasteiger partial charge in [0, 0.05) is 0 Å². The van der Waals surface area contributed by atoms with E-state index in [1.54, 1.807) is 13.0 Å². The Kier molecular flexibility index (Phi) is 3.88. The van der Waals surface area contributed by atoms with Crippen molar-refractivity contribution in [3.8, 4) is 0 Å². The summed E-state index contributed by atoms with van der Waals surface area (Å²) in [5, 5.41) is 12.1. The Morgan fingerprint density at radius 1 is 1.80 bits per heavy atom. The van der Waals surface area contributed by atoms with Gasteiger partial charge in [-0.15, -0.1) is 6.58 Å². The van der Waals surface area contributed by atoms with E-state index in [1.165, 1.54) is 0 Å². The fraction of sp³-hybridized carbons (Fsp3) is 0.636. The van der Waals surface area contributed by atoms with Crippen LogP contribution in [0.1, 0.15) is 32.6 Å². The van der Waals surface area contributed by atoms with Gasteiger partial charge in [0.2, 0.25) is 0 Å². The Morgan fingerprint density at radius 2 is 2.53 bits per heavy atom. The van der Waals surface area contributed by atoms with Crippen molar-refractivity contribution >= 4 is 11.7 Å². The second-order valence-electron chi connectivity index (χ2n) is 3.70. The molecule has 1 aliphatic carbocycles. The van der Waals surface area contributed by atoms with E-state index in [0.29, 0.717) is 31.6 Å². The summed E-state index contributed by atoms with van der Waals surface area (Å²) in [5.41, 5.74) is -0.229. The predicted octanol–water partition coefficient (Wildman–Crippen LogP) is 2.13. The molecule has 0 aromatic heterocycles. The zero-order valence-electron chi connectivity index (χ0n) is 9.03. The van der Waals surface area contributed by atoms with Gasteiger partial charge in [-0.2, -0.15) is 0 Å². The van der Waals surface area contributed by atoms with Crippen LogP contribution in [-0.4, -0.2) is 23.5 Å². The number of hydrogen-bond acceptors (Lipinski definition) is 4. The third-order valence-electron chi connectivity index (χ3n) is 2.85. The Bertz CT molecular complexity index is 286. The summed E-state index contributed by atoms with van der Waals surface area (Å²) in [4.78, 5) is 11.9. The van der Waals surface area contributed by atoms with Crippen LogP contribution >= 0.6 is 0 Å². The molecule has 1 aliphatic rings. The highest BCUT2D eigenvalue weighted by Gasteiger charge is 2.47. The highest BCUT2D eigenvalue weighted by molar-refractivity contribution is 6.08. The van der Waals surface area contributed by atoms with E-state index < -0.39 is 5.41 Å². The van der Waals surface area contributed by atoms with E-state index in [2.05, 4.69) is 11.7 Å². The quantitative estimate of drug-likeness (QED) is 0.335. The van der Waals surface area contributed by atoms with Crippen LogP contribution in [0.15, 0.2) is 17.8 Å². The summed E-state index contributed by atoms with van der Waals surface area (Å²) >= 11 is 0.